The van der Waals surface area contributed by atoms with Crippen LogP contribution < -0.4 is 11.1 Å². The fourth-order valence-corrected chi connectivity index (χ4v) is 3.33. The van der Waals surface area contributed by atoms with Crippen molar-refractivity contribution in [1.82, 2.24) is 4.90 Å². The molecule has 0 atom stereocenters. The van der Waals surface area contributed by atoms with Crippen molar-refractivity contribution in [3.63, 3.8) is 0 Å². The highest BCUT2D eigenvalue weighted by molar-refractivity contribution is 6.04. The topological polar surface area (TPSA) is 78.6 Å². The molecule has 0 unspecified atom stereocenters. The van der Waals surface area contributed by atoms with Crippen molar-refractivity contribution in [2.24, 2.45) is 11.7 Å². The lowest BCUT2D eigenvalue weighted by molar-refractivity contribution is 0.102. The highest BCUT2D eigenvalue weighted by Crippen LogP contribution is 2.20. The first kappa shape index (κ1) is 24.4. The highest BCUT2D eigenvalue weighted by Gasteiger charge is 2.18. The van der Waals surface area contributed by atoms with Crippen LogP contribution in [0.1, 0.15) is 34.3 Å². The zero-order valence-corrected chi connectivity index (χ0v) is 17.5. The zero-order valence-electron chi connectivity index (χ0n) is 15.8. The number of hydrogen-bond donors (Lipinski definition) is 3. The Morgan fingerprint density at radius 1 is 1.07 bits per heavy atom. The summed E-state index contributed by atoms with van der Waals surface area (Å²) in [5.41, 5.74) is 9.21. The summed E-state index contributed by atoms with van der Waals surface area (Å²) in [5.74, 6) is 0.331. The van der Waals surface area contributed by atoms with Gasteiger partial charge in [-0.2, -0.15) is 0 Å². The highest BCUT2D eigenvalue weighted by atomic mass is 35.5. The van der Waals surface area contributed by atoms with Crippen LogP contribution in [0, 0.1) is 5.92 Å². The molecule has 1 aliphatic rings. The first-order chi connectivity index (χ1) is 12.7. The van der Waals surface area contributed by atoms with Crippen molar-refractivity contribution in [2.75, 3.05) is 25.0 Å². The van der Waals surface area contributed by atoms with Gasteiger partial charge in [-0.15, -0.1) is 24.8 Å². The minimum atomic E-state index is -0.116. The maximum Gasteiger partial charge on any atom is 0.255 e. The Bertz CT molecular complexity index is 733. The van der Waals surface area contributed by atoms with Gasteiger partial charge in [0.15, 0.2) is 0 Å². The SMILES string of the molecule is Cl.Cl.NCc1ccc(C(=O)Nc2cccc(CN3CCC(CO)CC3)c2)cc1. The molecular weight excluding hydrogens is 397 g/mol. The number of carbonyl (C=O) groups excluding carboxylic acids is 1. The number of aliphatic hydroxyl groups is 1. The van der Waals surface area contributed by atoms with E-state index in [4.69, 9.17) is 5.73 Å². The number of nitrogens with zero attached hydrogens (tertiary/aromatic N) is 1. The lowest BCUT2D eigenvalue weighted by Crippen LogP contribution is -2.34. The maximum atomic E-state index is 12.4. The van der Waals surface area contributed by atoms with E-state index in [1.54, 1.807) is 12.1 Å². The molecular formula is C21H29Cl2N3O2. The molecule has 4 N–H and O–H groups in total. The van der Waals surface area contributed by atoms with Crippen molar-refractivity contribution in [3.05, 3.63) is 65.2 Å². The first-order valence-electron chi connectivity index (χ1n) is 9.20. The van der Waals surface area contributed by atoms with Crippen LogP contribution in [0.25, 0.3) is 0 Å². The summed E-state index contributed by atoms with van der Waals surface area (Å²) in [6.07, 6.45) is 2.09. The fraction of sp³-hybridized carbons (Fsp3) is 0.381. The van der Waals surface area contributed by atoms with Crippen LogP contribution in [0.4, 0.5) is 5.69 Å². The van der Waals surface area contributed by atoms with Gasteiger partial charge in [0.05, 0.1) is 0 Å². The number of nitrogens with two attached hydrogens (primary N) is 1. The van der Waals surface area contributed by atoms with Gasteiger partial charge in [0.2, 0.25) is 0 Å². The molecule has 1 saturated heterocycles. The molecule has 3 rings (SSSR count). The van der Waals surface area contributed by atoms with Crippen LogP contribution in [0.15, 0.2) is 48.5 Å². The molecule has 7 heteroatoms. The van der Waals surface area contributed by atoms with Gasteiger partial charge in [-0.1, -0.05) is 24.3 Å². The van der Waals surface area contributed by atoms with Crippen LogP contribution in [0.5, 0.6) is 0 Å². The standard InChI is InChI=1S/C21H27N3O2.2ClH/c22-13-16-4-6-19(7-5-16)21(26)23-20-3-1-2-18(12-20)14-24-10-8-17(15-25)9-11-24;;/h1-7,12,17,25H,8-11,13-15,22H2,(H,23,26);2*1H. The maximum absolute atomic E-state index is 12.4. The minimum absolute atomic E-state index is 0. The van der Waals surface area contributed by atoms with Crippen molar-refractivity contribution >= 4 is 36.4 Å². The number of aliphatic hydroxyl groups excluding tert-OH is 1. The average molecular weight is 426 g/mol. The number of rotatable bonds is 6. The van der Waals surface area contributed by atoms with Crippen molar-refractivity contribution < 1.29 is 9.90 Å². The zero-order chi connectivity index (χ0) is 18.4. The lowest BCUT2D eigenvalue weighted by Gasteiger charge is -2.31. The Morgan fingerprint density at radius 3 is 2.36 bits per heavy atom. The van der Waals surface area contributed by atoms with E-state index in [-0.39, 0.29) is 30.7 Å². The van der Waals surface area contributed by atoms with Gasteiger partial charge >= 0.3 is 0 Å². The molecule has 0 saturated carbocycles. The summed E-state index contributed by atoms with van der Waals surface area (Å²) in [4.78, 5) is 14.8. The Balaban J connectivity index is 0.00000196. The molecule has 2 aromatic carbocycles. The van der Waals surface area contributed by atoms with E-state index in [0.717, 1.165) is 43.7 Å². The number of nitrogens with one attached hydrogen (secondary N) is 1. The summed E-state index contributed by atoms with van der Waals surface area (Å²) in [6, 6.07) is 15.4. The molecule has 1 aliphatic heterocycles. The van der Waals surface area contributed by atoms with E-state index in [2.05, 4.69) is 16.3 Å². The van der Waals surface area contributed by atoms with Gasteiger partial charge in [-0.25, -0.2) is 0 Å². The molecule has 2 aromatic rings. The van der Waals surface area contributed by atoms with Crippen LogP contribution >= 0.6 is 24.8 Å². The predicted molar refractivity (Wildman–Crippen MR) is 118 cm³/mol. The number of piperidine rings is 1. The van der Waals surface area contributed by atoms with E-state index in [1.807, 2.05) is 30.3 Å². The van der Waals surface area contributed by atoms with Crippen LogP contribution in [-0.4, -0.2) is 35.6 Å². The normalized spacial score (nSPS) is 14.6. The second kappa shape index (κ2) is 12.0. The van der Waals surface area contributed by atoms with E-state index in [0.29, 0.717) is 24.6 Å². The average Bonchev–Trinajstić information content (AvgIpc) is 2.69. The third-order valence-corrected chi connectivity index (χ3v) is 5.01. The summed E-state index contributed by atoms with van der Waals surface area (Å²) in [7, 11) is 0. The number of carbonyl (C=O) groups is 1. The molecule has 154 valence electrons. The largest absolute Gasteiger partial charge is 0.396 e. The molecule has 0 aliphatic carbocycles. The summed E-state index contributed by atoms with van der Waals surface area (Å²) in [5, 5.41) is 12.2. The number of anilines is 1. The van der Waals surface area contributed by atoms with Crippen molar-refractivity contribution in [2.45, 2.75) is 25.9 Å². The van der Waals surface area contributed by atoms with Gasteiger partial charge < -0.3 is 16.2 Å². The molecule has 5 nitrogen and oxygen atoms in total. The Labute approximate surface area is 179 Å². The van der Waals surface area contributed by atoms with Crippen LogP contribution in [-0.2, 0) is 13.1 Å². The second-order valence-corrected chi connectivity index (χ2v) is 6.96. The summed E-state index contributed by atoms with van der Waals surface area (Å²) >= 11 is 0. The monoisotopic (exact) mass is 425 g/mol. The molecule has 28 heavy (non-hydrogen) atoms. The van der Waals surface area contributed by atoms with Crippen molar-refractivity contribution in [1.29, 1.82) is 0 Å². The van der Waals surface area contributed by atoms with Crippen LogP contribution in [0.2, 0.25) is 0 Å². The number of amides is 1. The molecule has 0 spiro atoms. The van der Waals surface area contributed by atoms with Crippen LogP contribution in [0.3, 0.4) is 0 Å². The summed E-state index contributed by atoms with van der Waals surface area (Å²) in [6.45, 7) is 3.65. The van der Waals surface area contributed by atoms with E-state index >= 15 is 0 Å². The molecule has 1 heterocycles. The quantitative estimate of drug-likeness (QED) is 0.661. The third kappa shape index (κ3) is 6.76. The van der Waals surface area contributed by atoms with Gasteiger partial charge in [0.1, 0.15) is 0 Å². The second-order valence-electron chi connectivity index (χ2n) is 6.96. The number of benzene rings is 2. The number of halogens is 2. The van der Waals surface area contributed by atoms with Crippen molar-refractivity contribution in [3.8, 4) is 0 Å². The molecule has 1 amide bonds. The van der Waals surface area contributed by atoms with Gasteiger partial charge in [-0.3, -0.25) is 9.69 Å². The van der Waals surface area contributed by atoms with E-state index in [1.165, 1.54) is 5.56 Å². The van der Waals surface area contributed by atoms with E-state index in [9.17, 15) is 9.90 Å². The van der Waals surface area contributed by atoms with Gasteiger partial charge in [0.25, 0.3) is 5.91 Å². The molecule has 0 radical (unpaired) electrons. The smallest absolute Gasteiger partial charge is 0.255 e. The molecule has 0 aromatic heterocycles. The minimum Gasteiger partial charge on any atom is -0.396 e. The van der Waals surface area contributed by atoms with E-state index < -0.39 is 0 Å². The molecule has 1 fully saturated rings. The third-order valence-electron chi connectivity index (χ3n) is 5.01. The van der Waals surface area contributed by atoms with Gasteiger partial charge in [0, 0.05) is 30.9 Å². The first-order valence-corrected chi connectivity index (χ1v) is 9.20. The Hall–Kier alpha value is -1.63. The van der Waals surface area contributed by atoms with Gasteiger partial charge in [-0.05, 0) is 67.2 Å². The number of hydrogen-bond acceptors (Lipinski definition) is 4. The fourth-order valence-electron chi connectivity index (χ4n) is 3.33. The number of likely N-dealkylation sites (tertiary alicyclic amines) is 1. The Kier molecular flexibility index (Phi) is 10.5. The predicted octanol–water partition coefficient (Wildman–Crippen LogP) is 3.45. The summed E-state index contributed by atoms with van der Waals surface area (Å²) < 4.78 is 0. The lowest BCUT2D eigenvalue weighted by atomic mass is 9.97. The Morgan fingerprint density at radius 2 is 1.75 bits per heavy atom. The molecule has 0 bridgehead atoms.